The smallest absolute Gasteiger partial charge is 0.377 e. The minimum absolute atomic E-state index is 0.121. The lowest BCUT2D eigenvalue weighted by atomic mass is 10.2. The number of nitrogens with zero attached hydrogens (tertiary/aromatic N) is 6. The second-order valence-electron chi connectivity index (χ2n) is 5.55. The van der Waals surface area contributed by atoms with Crippen LogP contribution in [0.3, 0.4) is 0 Å². The highest BCUT2D eigenvalue weighted by Gasteiger charge is 2.36. The van der Waals surface area contributed by atoms with Gasteiger partial charge in [0.15, 0.2) is 5.82 Å². The Kier molecular flexibility index (Phi) is 4.11. The molecule has 0 radical (unpaired) electrons. The Morgan fingerprint density at radius 1 is 1.22 bits per heavy atom. The van der Waals surface area contributed by atoms with E-state index in [9.17, 15) is 13.2 Å². The van der Waals surface area contributed by atoms with Crippen molar-refractivity contribution in [1.29, 1.82) is 0 Å². The van der Waals surface area contributed by atoms with E-state index >= 15 is 0 Å². The van der Waals surface area contributed by atoms with Crippen LogP contribution in [0, 0.1) is 0 Å². The minimum atomic E-state index is -4.66. The fourth-order valence-corrected chi connectivity index (χ4v) is 2.57. The zero-order chi connectivity index (χ0) is 19.0. The van der Waals surface area contributed by atoms with Crippen molar-refractivity contribution in [2.45, 2.75) is 19.7 Å². The van der Waals surface area contributed by atoms with Crippen molar-refractivity contribution in [3.63, 3.8) is 0 Å². The van der Waals surface area contributed by atoms with E-state index in [1.807, 2.05) is 6.92 Å². The molecule has 0 amide bonds. The van der Waals surface area contributed by atoms with Gasteiger partial charge in [-0.15, -0.1) is 5.10 Å². The maximum atomic E-state index is 12.9. The van der Waals surface area contributed by atoms with Gasteiger partial charge in [0.05, 0.1) is 24.8 Å². The highest BCUT2D eigenvalue weighted by molar-refractivity contribution is 5.76. The van der Waals surface area contributed by atoms with E-state index in [0.717, 1.165) is 5.56 Å². The summed E-state index contributed by atoms with van der Waals surface area (Å²) in [6.45, 7) is 2.76. The predicted molar refractivity (Wildman–Crippen MR) is 86.3 cm³/mol. The topological polar surface area (TPSA) is 110 Å². The molecule has 2 N–H and O–H groups in total. The van der Waals surface area contributed by atoms with Crippen LogP contribution < -0.4 is 0 Å². The van der Waals surface area contributed by atoms with Gasteiger partial charge in [-0.25, -0.2) is 19.9 Å². The van der Waals surface area contributed by atoms with E-state index in [1.54, 1.807) is 16.8 Å². The van der Waals surface area contributed by atoms with Gasteiger partial charge in [-0.2, -0.15) is 13.2 Å². The first kappa shape index (κ1) is 17.1. The summed E-state index contributed by atoms with van der Waals surface area (Å²) in [5.41, 5.74) is 1.95. The number of rotatable bonds is 5. The SMILES string of the molecule is CCOCc1cnc2nc(-c3nc(C(F)(F)F)n[nH]3)c(-c3cnc[nH]3)n2c1. The van der Waals surface area contributed by atoms with Crippen molar-refractivity contribution >= 4 is 5.78 Å². The first-order valence-electron chi connectivity index (χ1n) is 7.90. The van der Waals surface area contributed by atoms with Gasteiger partial charge in [0.2, 0.25) is 5.78 Å². The lowest BCUT2D eigenvalue weighted by Gasteiger charge is -2.04. The number of imidazole rings is 2. The maximum Gasteiger partial charge on any atom is 0.453 e. The van der Waals surface area contributed by atoms with Gasteiger partial charge in [0.1, 0.15) is 11.4 Å². The van der Waals surface area contributed by atoms with Gasteiger partial charge < -0.3 is 9.72 Å². The number of halogens is 3. The Labute approximate surface area is 149 Å². The van der Waals surface area contributed by atoms with E-state index in [2.05, 4.69) is 35.1 Å². The molecule has 0 aliphatic rings. The van der Waals surface area contributed by atoms with Gasteiger partial charge >= 0.3 is 6.18 Å². The first-order chi connectivity index (χ1) is 13.0. The zero-order valence-corrected chi connectivity index (χ0v) is 13.9. The molecule has 0 saturated carbocycles. The molecule has 0 aliphatic carbocycles. The van der Waals surface area contributed by atoms with Crippen LogP contribution in [0.4, 0.5) is 13.2 Å². The highest BCUT2D eigenvalue weighted by atomic mass is 19.4. The molecule has 0 saturated heterocycles. The molecule has 4 rings (SSSR count). The van der Waals surface area contributed by atoms with Crippen molar-refractivity contribution in [2.24, 2.45) is 0 Å². The zero-order valence-electron chi connectivity index (χ0n) is 13.9. The second-order valence-corrected chi connectivity index (χ2v) is 5.55. The lowest BCUT2D eigenvalue weighted by molar-refractivity contribution is -0.144. The predicted octanol–water partition coefficient (Wildman–Crippen LogP) is 2.46. The number of ether oxygens (including phenoxy) is 1. The molecule has 0 fully saturated rings. The van der Waals surface area contributed by atoms with Gasteiger partial charge in [-0.1, -0.05) is 0 Å². The number of alkyl halides is 3. The van der Waals surface area contributed by atoms with E-state index in [-0.39, 0.29) is 11.5 Å². The lowest BCUT2D eigenvalue weighted by Crippen LogP contribution is -2.07. The van der Waals surface area contributed by atoms with Crippen molar-refractivity contribution in [1.82, 2.24) is 39.5 Å². The van der Waals surface area contributed by atoms with Crippen LogP contribution in [0.1, 0.15) is 18.3 Å². The molecule has 0 atom stereocenters. The van der Waals surface area contributed by atoms with Crippen molar-refractivity contribution < 1.29 is 17.9 Å². The minimum Gasteiger partial charge on any atom is -0.377 e. The summed E-state index contributed by atoms with van der Waals surface area (Å²) in [6, 6.07) is 0. The fraction of sp³-hybridized carbons (Fsp3) is 0.267. The third kappa shape index (κ3) is 3.14. The van der Waals surface area contributed by atoms with E-state index in [4.69, 9.17) is 4.74 Å². The van der Waals surface area contributed by atoms with Crippen LogP contribution in [0.2, 0.25) is 0 Å². The molecule has 4 aromatic heterocycles. The average molecular weight is 378 g/mol. The van der Waals surface area contributed by atoms with Crippen LogP contribution >= 0.6 is 0 Å². The summed E-state index contributed by atoms with van der Waals surface area (Å²) in [6.07, 6.45) is 1.68. The summed E-state index contributed by atoms with van der Waals surface area (Å²) < 4.78 is 45.6. The van der Waals surface area contributed by atoms with Crippen molar-refractivity contribution in [3.05, 3.63) is 36.3 Å². The second kappa shape index (κ2) is 6.46. The molecule has 0 aliphatic heterocycles. The van der Waals surface area contributed by atoms with Crippen LogP contribution in [-0.2, 0) is 17.5 Å². The van der Waals surface area contributed by atoms with Crippen molar-refractivity contribution in [2.75, 3.05) is 6.61 Å². The van der Waals surface area contributed by atoms with Crippen molar-refractivity contribution in [3.8, 4) is 22.9 Å². The normalized spacial score (nSPS) is 12.1. The highest BCUT2D eigenvalue weighted by Crippen LogP contribution is 2.32. The molecule has 4 aromatic rings. The largest absolute Gasteiger partial charge is 0.453 e. The maximum absolute atomic E-state index is 12.9. The number of nitrogens with one attached hydrogen (secondary N) is 2. The molecule has 0 aromatic carbocycles. The Balaban J connectivity index is 1.89. The van der Waals surface area contributed by atoms with Crippen LogP contribution in [0.25, 0.3) is 28.7 Å². The van der Waals surface area contributed by atoms with Crippen LogP contribution in [0.15, 0.2) is 24.9 Å². The number of hydrogen-bond donors (Lipinski definition) is 2. The van der Waals surface area contributed by atoms with E-state index in [0.29, 0.717) is 30.4 Å². The number of aromatic nitrogens is 8. The molecule has 9 nitrogen and oxygen atoms in total. The summed E-state index contributed by atoms with van der Waals surface area (Å²) in [4.78, 5) is 19.0. The third-order valence-electron chi connectivity index (χ3n) is 3.72. The molecule has 27 heavy (non-hydrogen) atoms. The molecule has 4 heterocycles. The standard InChI is InChI=1S/C15H13F3N8O/c1-2-27-6-8-3-20-14-22-10(12-23-13(25-24-12)15(16,17)18)11(26(14)5-8)9-4-19-7-21-9/h3-5,7H,2,6H2,1H3,(H,19,21)(H,23,24,25). The molecule has 12 heteroatoms. The Morgan fingerprint density at radius 2 is 2.07 bits per heavy atom. The summed E-state index contributed by atoms with van der Waals surface area (Å²) >= 11 is 0. The number of H-pyrrole nitrogens is 2. The molecular formula is C15H13F3N8O. The Hall–Kier alpha value is -3.28. The molecule has 0 bridgehead atoms. The summed E-state index contributed by atoms with van der Waals surface area (Å²) in [5, 5.41) is 5.54. The van der Waals surface area contributed by atoms with Crippen LogP contribution in [0.5, 0.6) is 0 Å². The van der Waals surface area contributed by atoms with E-state index in [1.165, 1.54) is 12.5 Å². The summed E-state index contributed by atoms with van der Waals surface area (Å²) in [7, 11) is 0. The fourth-order valence-electron chi connectivity index (χ4n) is 2.57. The molecular weight excluding hydrogens is 365 g/mol. The van der Waals surface area contributed by atoms with Crippen LogP contribution in [-0.4, -0.2) is 46.1 Å². The Bertz CT molecular complexity index is 1070. The molecule has 140 valence electrons. The monoisotopic (exact) mass is 378 g/mol. The number of fused-ring (bicyclic) bond motifs is 1. The van der Waals surface area contributed by atoms with Gasteiger partial charge in [0.25, 0.3) is 5.82 Å². The first-order valence-corrected chi connectivity index (χ1v) is 7.90. The van der Waals surface area contributed by atoms with Gasteiger partial charge in [-0.05, 0) is 6.92 Å². The number of aromatic amines is 2. The van der Waals surface area contributed by atoms with Gasteiger partial charge in [-0.3, -0.25) is 9.50 Å². The molecule has 0 spiro atoms. The third-order valence-corrected chi connectivity index (χ3v) is 3.72. The van der Waals surface area contributed by atoms with E-state index < -0.39 is 12.0 Å². The number of hydrogen-bond acceptors (Lipinski definition) is 6. The Morgan fingerprint density at radius 3 is 2.74 bits per heavy atom. The summed E-state index contributed by atoms with van der Waals surface area (Å²) in [5.74, 6) is -1.10. The molecule has 0 unspecified atom stereocenters. The van der Waals surface area contributed by atoms with Gasteiger partial charge in [0, 0.05) is 24.6 Å². The quantitative estimate of drug-likeness (QED) is 0.552. The average Bonchev–Trinajstić information content (AvgIpc) is 3.36.